The standard InChI is InChI=1S/C34H37ClN6OS/c1-38-16-18-39(19-17-38)31-24-30(35)36-34(37-31)43-25-26-12-14-29(15-13-26)33(42)41-22-20-40(21-23-41)32(27-8-4-2-5-9-27)28-10-6-3-7-11-28/h2-15,24,32H,16-23,25H2,1H3. The summed E-state index contributed by atoms with van der Waals surface area (Å²) in [5.74, 6) is 1.68. The number of thioether (sulfide) groups is 1. The Balaban J connectivity index is 1.05. The van der Waals surface area contributed by atoms with Gasteiger partial charge in [-0.15, -0.1) is 0 Å². The van der Waals surface area contributed by atoms with Crippen molar-refractivity contribution in [1.29, 1.82) is 0 Å². The predicted molar refractivity (Wildman–Crippen MR) is 175 cm³/mol. The fraction of sp³-hybridized carbons (Fsp3) is 0.324. The van der Waals surface area contributed by atoms with Crippen LogP contribution >= 0.6 is 23.4 Å². The summed E-state index contributed by atoms with van der Waals surface area (Å²) in [5, 5.41) is 1.13. The lowest BCUT2D eigenvalue weighted by molar-refractivity contribution is 0.0597. The minimum atomic E-state index is 0.0878. The van der Waals surface area contributed by atoms with Gasteiger partial charge in [-0.3, -0.25) is 9.69 Å². The van der Waals surface area contributed by atoms with Crippen molar-refractivity contribution >= 4 is 35.1 Å². The van der Waals surface area contributed by atoms with Crippen molar-refractivity contribution in [2.45, 2.75) is 17.0 Å². The highest BCUT2D eigenvalue weighted by atomic mass is 35.5. The van der Waals surface area contributed by atoms with Crippen molar-refractivity contribution < 1.29 is 4.79 Å². The van der Waals surface area contributed by atoms with Gasteiger partial charge < -0.3 is 14.7 Å². The van der Waals surface area contributed by atoms with Crippen molar-refractivity contribution in [2.75, 3.05) is 64.3 Å². The third kappa shape index (κ3) is 7.39. The van der Waals surface area contributed by atoms with E-state index >= 15 is 0 Å². The number of carbonyl (C=O) groups is 1. The molecule has 43 heavy (non-hydrogen) atoms. The monoisotopic (exact) mass is 612 g/mol. The summed E-state index contributed by atoms with van der Waals surface area (Å²) in [6.07, 6.45) is 0. The number of hydrogen-bond donors (Lipinski definition) is 0. The molecular formula is C34H37ClN6OS. The number of likely N-dealkylation sites (N-methyl/N-ethyl adjacent to an activating group) is 1. The van der Waals surface area contributed by atoms with Crippen LogP contribution in [0.15, 0.2) is 96.2 Å². The van der Waals surface area contributed by atoms with Crippen molar-refractivity contribution in [1.82, 2.24) is 24.7 Å². The maximum Gasteiger partial charge on any atom is 0.253 e. The lowest BCUT2D eigenvalue weighted by Gasteiger charge is -2.39. The van der Waals surface area contributed by atoms with Crippen molar-refractivity contribution in [2.24, 2.45) is 0 Å². The second-order valence-corrected chi connectivity index (χ2v) is 12.5. The minimum absolute atomic E-state index is 0.0878. The van der Waals surface area contributed by atoms with E-state index in [0.717, 1.165) is 56.2 Å². The van der Waals surface area contributed by atoms with Crippen LogP contribution in [0.3, 0.4) is 0 Å². The van der Waals surface area contributed by atoms with Gasteiger partial charge in [0.15, 0.2) is 5.16 Å². The second-order valence-electron chi connectivity index (χ2n) is 11.2. The Hall–Kier alpha value is -3.43. The van der Waals surface area contributed by atoms with Crippen LogP contribution < -0.4 is 4.90 Å². The minimum Gasteiger partial charge on any atom is -0.354 e. The number of halogens is 1. The lowest BCUT2D eigenvalue weighted by atomic mass is 9.96. The molecule has 0 radical (unpaired) electrons. The molecule has 0 bridgehead atoms. The molecule has 1 amide bonds. The van der Waals surface area contributed by atoms with E-state index in [4.69, 9.17) is 16.6 Å². The molecule has 0 spiro atoms. The zero-order chi connectivity index (χ0) is 29.6. The smallest absolute Gasteiger partial charge is 0.253 e. The normalized spacial score (nSPS) is 16.5. The number of piperazine rings is 2. The maximum absolute atomic E-state index is 13.4. The van der Waals surface area contributed by atoms with Crippen LogP contribution in [0.25, 0.3) is 0 Å². The molecule has 4 aromatic rings. The molecule has 0 saturated carbocycles. The number of amides is 1. The van der Waals surface area contributed by atoms with Crippen LogP contribution in [0, 0.1) is 0 Å². The van der Waals surface area contributed by atoms with E-state index in [9.17, 15) is 4.79 Å². The molecule has 0 aliphatic carbocycles. The summed E-state index contributed by atoms with van der Waals surface area (Å²) < 4.78 is 0. The van der Waals surface area contributed by atoms with E-state index in [-0.39, 0.29) is 11.9 Å². The fourth-order valence-corrected chi connectivity index (χ4v) is 6.83. The third-order valence-corrected chi connectivity index (χ3v) is 9.37. The van der Waals surface area contributed by atoms with E-state index < -0.39 is 0 Å². The highest BCUT2D eigenvalue weighted by molar-refractivity contribution is 7.98. The van der Waals surface area contributed by atoms with Crippen LogP contribution in [0.1, 0.15) is 33.1 Å². The Labute approximate surface area is 263 Å². The molecule has 2 fully saturated rings. The molecule has 222 valence electrons. The van der Waals surface area contributed by atoms with Gasteiger partial charge in [0.05, 0.1) is 6.04 Å². The van der Waals surface area contributed by atoms with Gasteiger partial charge in [-0.2, -0.15) is 0 Å². The first-order chi connectivity index (χ1) is 21.0. The Bertz CT molecular complexity index is 1450. The summed E-state index contributed by atoms with van der Waals surface area (Å²) in [5.41, 5.74) is 4.40. The van der Waals surface area contributed by atoms with Gasteiger partial charge in [0.2, 0.25) is 0 Å². The largest absolute Gasteiger partial charge is 0.354 e. The highest BCUT2D eigenvalue weighted by Gasteiger charge is 2.28. The van der Waals surface area contributed by atoms with Crippen LogP contribution in [-0.4, -0.2) is 90.0 Å². The van der Waals surface area contributed by atoms with Crippen LogP contribution in [0.5, 0.6) is 0 Å². The molecule has 9 heteroatoms. The number of rotatable bonds is 8. The zero-order valence-corrected chi connectivity index (χ0v) is 26.1. The van der Waals surface area contributed by atoms with Crippen molar-refractivity contribution in [3.8, 4) is 0 Å². The Morgan fingerprint density at radius 1 is 0.791 bits per heavy atom. The molecule has 2 aliphatic rings. The summed E-state index contributed by atoms with van der Waals surface area (Å²) in [6, 6.07) is 31.3. The van der Waals surface area contributed by atoms with E-state index in [1.807, 2.05) is 35.2 Å². The van der Waals surface area contributed by atoms with Gasteiger partial charge in [0.25, 0.3) is 5.91 Å². The number of benzene rings is 3. The van der Waals surface area contributed by atoms with Gasteiger partial charge in [0.1, 0.15) is 11.0 Å². The zero-order valence-electron chi connectivity index (χ0n) is 24.5. The lowest BCUT2D eigenvalue weighted by Crippen LogP contribution is -2.49. The molecule has 0 atom stereocenters. The molecule has 0 N–H and O–H groups in total. The van der Waals surface area contributed by atoms with E-state index in [2.05, 4.69) is 87.4 Å². The van der Waals surface area contributed by atoms with Crippen LogP contribution in [-0.2, 0) is 5.75 Å². The fourth-order valence-electron chi connectivity index (χ4n) is 5.79. The van der Waals surface area contributed by atoms with E-state index in [1.165, 1.54) is 11.1 Å². The molecule has 2 aliphatic heterocycles. The van der Waals surface area contributed by atoms with Gasteiger partial charge in [-0.1, -0.05) is 96.2 Å². The molecule has 2 saturated heterocycles. The molecular weight excluding hydrogens is 576 g/mol. The van der Waals surface area contributed by atoms with Crippen LogP contribution in [0.2, 0.25) is 5.15 Å². The average Bonchev–Trinajstić information content (AvgIpc) is 3.05. The Morgan fingerprint density at radius 2 is 1.40 bits per heavy atom. The molecule has 0 unspecified atom stereocenters. The number of hydrogen-bond acceptors (Lipinski definition) is 7. The molecule has 3 heterocycles. The Kier molecular flexibility index (Phi) is 9.58. The maximum atomic E-state index is 13.4. The van der Waals surface area contributed by atoms with Gasteiger partial charge in [-0.05, 0) is 35.9 Å². The van der Waals surface area contributed by atoms with Gasteiger partial charge >= 0.3 is 0 Å². The summed E-state index contributed by atoms with van der Waals surface area (Å²) >= 11 is 7.91. The number of aromatic nitrogens is 2. The van der Waals surface area contributed by atoms with E-state index in [0.29, 0.717) is 29.2 Å². The summed E-state index contributed by atoms with van der Waals surface area (Å²) in [6.45, 7) is 6.93. The van der Waals surface area contributed by atoms with Crippen molar-refractivity contribution in [3.05, 3.63) is 118 Å². The molecule has 6 rings (SSSR count). The molecule has 7 nitrogen and oxygen atoms in total. The number of carbonyl (C=O) groups excluding carboxylic acids is 1. The first-order valence-corrected chi connectivity index (χ1v) is 16.2. The highest BCUT2D eigenvalue weighted by Crippen LogP contribution is 2.30. The topological polar surface area (TPSA) is 55.8 Å². The number of nitrogens with zero attached hydrogens (tertiary/aromatic N) is 6. The molecule has 3 aromatic carbocycles. The van der Waals surface area contributed by atoms with E-state index in [1.54, 1.807) is 11.8 Å². The molecule has 1 aromatic heterocycles. The first kappa shape index (κ1) is 29.6. The predicted octanol–water partition coefficient (Wildman–Crippen LogP) is 5.72. The first-order valence-electron chi connectivity index (χ1n) is 14.9. The second kappa shape index (κ2) is 13.9. The number of anilines is 1. The summed E-state index contributed by atoms with van der Waals surface area (Å²) in [7, 11) is 2.14. The quantitative estimate of drug-likeness (QED) is 0.143. The van der Waals surface area contributed by atoms with Crippen molar-refractivity contribution in [3.63, 3.8) is 0 Å². The Morgan fingerprint density at radius 3 is 2.00 bits per heavy atom. The summed E-state index contributed by atoms with van der Waals surface area (Å²) in [4.78, 5) is 31.7. The van der Waals surface area contributed by atoms with Gasteiger partial charge in [0, 0.05) is 69.7 Å². The average molecular weight is 613 g/mol. The van der Waals surface area contributed by atoms with Gasteiger partial charge in [-0.25, -0.2) is 9.97 Å². The third-order valence-electron chi connectivity index (χ3n) is 8.25. The SMILES string of the molecule is CN1CCN(c2cc(Cl)nc(SCc3ccc(C(=O)N4CCN(C(c5ccccc5)c5ccccc5)CC4)cc3)n2)CC1. The van der Waals surface area contributed by atoms with Crippen LogP contribution in [0.4, 0.5) is 5.82 Å².